The van der Waals surface area contributed by atoms with Gasteiger partial charge in [-0.3, -0.25) is 4.79 Å². The van der Waals surface area contributed by atoms with E-state index in [0.29, 0.717) is 16.0 Å². The van der Waals surface area contributed by atoms with Gasteiger partial charge in [0.25, 0.3) is 5.91 Å². The van der Waals surface area contributed by atoms with Crippen LogP contribution in [0.3, 0.4) is 0 Å². The van der Waals surface area contributed by atoms with Crippen LogP contribution in [0, 0.1) is 0 Å². The van der Waals surface area contributed by atoms with Crippen molar-refractivity contribution in [2.24, 2.45) is 0 Å². The van der Waals surface area contributed by atoms with E-state index in [2.05, 4.69) is 5.32 Å². The summed E-state index contributed by atoms with van der Waals surface area (Å²) in [5.41, 5.74) is -0.804. The van der Waals surface area contributed by atoms with Crippen LogP contribution in [0.1, 0.15) is 30.8 Å². The summed E-state index contributed by atoms with van der Waals surface area (Å²) in [5.74, 6) is -1.60. The Morgan fingerprint density at radius 2 is 2.10 bits per heavy atom. The highest BCUT2D eigenvalue weighted by Crippen LogP contribution is 2.23. The lowest BCUT2D eigenvalue weighted by Crippen LogP contribution is -2.51. The van der Waals surface area contributed by atoms with E-state index in [1.54, 1.807) is 25.1 Å². The number of aliphatic carboxylic acids is 1. The van der Waals surface area contributed by atoms with E-state index in [-0.39, 0.29) is 12.2 Å². The van der Waals surface area contributed by atoms with Crippen molar-refractivity contribution in [1.29, 1.82) is 0 Å². The molecule has 0 aliphatic rings. The first-order chi connectivity index (χ1) is 9.35. The molecular weight excluding hydrogens is 282 g/mol. The zero-order valence-electron chi connectivity index (χ0n) is 11.1. The molecule has 0 radical (unpaired) electrons. The van der Waals surface area contributed by atoms with Gasteiger partial charge in [0, 0.05) is 10.4 Å². The fourth-order valence-electron chi connectivity index (χ4n) is 1.73. The number of carboxylic acids is 1. The lowest BCUT2D eigenvalue weighted by atomic mass is 9.99. The van der Waals surface area contributed by atoms with Crippen LogP contribution in [0.5, 0.6) is 0 Å². The Labute approximate surface area is 120 Å². The lowest BCUT2D eigenvalue weighted by molar-refractivity contribution is -0.143. The second kappa shape index (κ2) is 5.17. The molecule has 0 saturated carbocycles. The van der Waals surface area contributed by atoms with Gasteiger partial charge in [0.05, 0.1) is 0 Å². The zero-order valence-corrected chi connectivity index (χ0v) is 11.8. The van der Waals surface area contributed by atoms with Gasteiger partial charge >= 0.3 is 5.97 Å². The molecule has 1 unspecified atom stereocenters. The predicted octanol–water partition coefficient (Wildman–Crippen LogP) is 3.07. The number of carbonyl (C=O) groups is 2. The molecule has 106 valence electrons. The van der Waals surface area contributed by atoms with Crippen LogP contribution in [0.15, 0.2) is 28.7 Å². The number of halogens is 1. The highest BCUT2D eigenvalue weighted by Gasteiger charge is 2.33. The summed E-state index contributed by atoms with van der Waals surface area (Å²) in [5, 5.41) is 12.8. The molecule has 0 aliphatic heterocycles. The molecule has 0 saturated heterocycles. The molecule has 2 rings (SSSR count). The molecule has 1 amide bonds. The summed E-state index contributed by atoms with van der Waals surface area (Å²) < 4.78 is 5.39. The fraction of sp³-hybridized carbons (Fsp3) is 0.286. The minimum Gasteiger partial charge on any atom is -0.480 e. The van der Waals surface area contributed by atoms with Gasteiger partial charge in [0.2, 0.25) is 0 Å². The van der Waals surface area contributed by atoms with E-state index >= 15 is 0 Å². The average molecular weight is 296 g/mol. The van der Waals surface area contributed by atoms with Gasteiger partial charge in [-0.25, -0.2) is 4.79 Å². The van der Waals surface area contributed by atoms with Crippen molar-refractivity contribution in [3.8, 4) is 0 Å². The number of amides is 1. The number of rotatable bonds is 4. The molecule has 2 N–H and O–H groups in total. The molecule has 0 fully saturated rings. The van der Waals surface area contributed by atoms with Crippen molar-refractivity contribution in [2.45, 2.75) is 25.8 Å². The van der Waals surface area contributed by atoms with Crippen LogP contribution in [-0.4, -0.2) is 22.5 Å². The molecule has 5 nitrogen and oxygen atoms in total. The normalized spacial score (nSPS) is 13.9. The molecule has 1 aromatic carbocycles. The molecule has 1 heterocycles. The van der Waals surface area contributed by atoms with E-state index in [0.717, 1.165) is 0 Å². The number of furan rings is 1. The standard InChI is InChI=1S/C14H14ClNO4/c1-3-14(2,13(18)19)16-12(17)11-7-8-6-9(15)4-5-10(8)20-11/h4-7H,3H2,1-2H3,(H,16,17)(H,18,19). The Morgan fingerprint density at radius 1 is 1.40 bits per heavy atom. The third-order valence-electron chi connectivity index (χ3n) is 3.27. The van der Waals surface area contributed by atoms with Gasteiger partial charge in [-0.1, -0.05) is 18.5 Å². The highest BCUT2D eigenvalue weighted by atomic mass is 35.5. The summed E-state index contributed by atoms with van der Waals surface area (Å²) in [4.78, 5) is 23.3. The first-order valence-corrected chi connectivity index (χ1v) is 6.48. The maximum atomic E-state index is 12.1. The van der Waals surface area contributed by atoms with Gasteiger partial charge in [-0.15, -0.1) is 0 Å². The Kier molecular flexibility index (Phi) is 3.72. The quantitative estimate of drug-likeness (QED) is 0.908. The number of nitrogens with one attached hydrogen (secondary N) is 1. The van der Waals surface area contributed by atoms with Crippen LogP contribution in [-0.2, 0) is 4.79 Å². The number of benzene rings is 1. The van der Waals surface area contributed by atoms with Crippen molar-refractivity contribution in [3.63, 3.8) is 0 Å². The number of hydrogen-bond acceptors (Lipinski definition) is 3. The SMILES string of the molecule is CCC(C)(NC(=O)c1cc2cc(Cl)ccc2o1)C(=O)O. The summed E-state index contributed by atoms with van der Waals surface area (Å²) in [6, 6.07) is 6.52. The first-order valence-electron chi connectivity index (χ1n) is 6.11. The molecular formula is C14H14ClNO4. The summed E-state index contributed by atoms with van der Waals surface area (Å²) in [6.07, 6.45) is 0.264. The minimum atomic E-state index is -1.33. The molecule has 2 aromatic rings. The summed E-state index contributed by atoms with van der Waals surface area (Å²) in [6.45, 7) is 3.14. The van der Waals surface area contributed by atoms with Crippen molar-refractivity contribution in [3.05, 3.63) is 35.0 Å². The van der Waals surface area contributed by atoms with Crippen molar-refractivity contribution in [1.82, 2.24) is 5.32 Å². The molecule has 1 atom stereocenters. The van der Waals surface area contributed by atoms with Gasteiger partial charge in [0.15, 0.2) is 5.76 Å². The van der Waals surface area contributed by atoms with Crippen molar-refractivity contribution < 1.29 is 19.1 Å². The predicted molar refractivity (Wildman–Crippen MR) is 75.0 cm³/mol. The Bertz CT molecular complexity index is 679. The van der Waals surface area contributed by atoms with Crippen molar-refractivity contribution in [2.75, 3.05) is 0 Å². The number of carboxylic acid groups (broad SMARTS) is 1. The maximum Gasteiger partial charge on any atom is 0.329 e. The van der Waals surface area contributed by atoms with Crippen molar-refractivity contribution >= 4 is 34.4 Å². The van der Waals surface area contributed by atoms with Crippen LogP contribution in [0.4, 0.5) is 0 Å². The highest BCUT2D eigenvalue weighted by molar-refractivity contribution is 6.31. The Morgan fingerprint density at radius 3 is 2.70 bits per heavy atom. The van der Waals surface area contributed by atoms with E-state index in [1.807, 2.05) is 0 Å². The number of hydrogen-bond donors (Lipinski definition) is 2. The van der Waals surface area contributed by atoms with E-state index < -0.39 is 17.4 Å². The van der Waals surface area contributed by atoms with Gasteiger partial charge in [-0.05, 0) is 37.6 Å². The molecule has 6 heteroatoms. The van der Waals surface area contributed by atoms with E-state index in [1.165, 1.54) is 13.0 Å². The summed E-state index contributed by atoms with van der Waals surface area (Å²) >= 11 is 5.86. The number of fused-ring (bicyclic) bond motifs is 1. The van der Waals surface area contributed by atoms with Crippen LogP contribution >= 0.6 is 11.6 Å². The molecule has 0 aliphatic carbocycles. The maximum absolute atomic E-state index is 12.1. The second-order valence-electron chi connectivity index (χ2n) is 4.74. The van der Waals surface area contributed by atoms with Gasteiger partial charge in [-0.2, -0.15) is 0 Å². The van der Waals surface area contributed by atoms with Crippen LogP contribution in [0.25, 0.3) is 11.0 Å². The monoisotopic (exact) mass is 295 g/mol. The molecule has 0 bridgehead atoms. The number of carbonyl (C=O) groups excluding carboxylic acids is 1. The van der Waals surface area contributed by atoms with Gasteiger partial charge < -0.3 is 14.8 Å². The minimum absolute atomic E-state index is 0.0585. The van der Waals surface area contributed by atoms with Crippen LogP contribution < -0.4 is 5.32 Å². The smallest absolute Gasteiger partial charge is 0.329 e. The van der Waals surface area contributed by atoms with E-state index in [4.69, 9.17) is 21.1 Å². The zero-order chi connectivity index (χ0) is 14.9. The molecule has 20 heavy (non-hydrogen) atoms. The second-order valence-corrected chi connectivity index (χ2v) is 5.17. The fourth-order valence-corrected chi connectivity index (χ4v) is 1.91. The average Bonchev–Trinajstić information content (AvgIpc) is 2.81. The third-order valence-corrected chi connectivity index (χ3v) is 3.51. The van der Waals surface area contributed by atoms with Crippen LogP contribution in [0.2, 0.25) is 5.02 Å². The van der Waals surface area contributed by atoms with E-state index in [9.17, 15) is 9.59 Å². The largest absolute Gasteiger partial charge is 0.480 e. The third kappa shape index (κ3) is 2.63. The lowest BCUT2D eigenvalue weighted by Gasteiger charge is -2.23. The first kappa shape index (κ1) is 14.4. The Hall–Kier alpha value is -2.01. The van der Waals surface area contributed by atoms with Gasteiger partial charge in [0.1, 0.15) is 11.1 Å². The topological polar surface area (TPSA) is 79.5 Å². The summed E-state index contributed by atoms with van der Waals surface area (Å²) in [7, 11) is 0. The molecule has 1 aromatic heterocycles. The Balaban J connectivity index is 2.29. The molecule has 0 spiro atoms.